The zero-order valence-corrected chi connectivity index (χ0v) is 15.9. The Hall–Kier alpha value is -2.82. The molecule has 0 aromatic carbocycles. The smallest absolute Gasteiger partial charge is 0.223 e. The van der Waals surface area contributed by atoms with Gasteiger partial charge in [0.25, 0.3) is 0 Å². The fourth-order valence-corrected chi connectivity index (χ4v) is 3.07. The van der Waals surface area contributed by atoms with E-state index < -0.39 is 0 Å². The predicted octanol–water partition coefficient (Wildman–Crippen LogP) is 2.55. The molecule has 0 saturated carbocycles. The molecule has 3 aromatic heterocycles. The first kappa shape index (κ1) is 19.0. The number of unbranched alkanes of at least 4 members (excludes halogenated alkanes) is 1. The molecule has 8 heteroatoms. The van der Waals surface area contributed by atoms with Crippen LogP contribution in [0.25, 0.3) is 11.0 Å². The Morgan fingerprint density at radius 1 is 1.33 bits per heavy atom. The van der Waals surface area contributed by atoms with Gasteiger partial charge >= 0.3 is 0 Å². The third-order valence-corrected chi connectivity index (χ3v) is 4.48. The summed E-state index contributed by atoms with van der Waals surface area (Å²) in [5.41, 5.74) is 9.11. The van der Waals surface area contributed by atoms with Gasteiger partial charge in [0.2, 0.25) is 5.95 Å². The van der Waals surface area contributed by atoms with Crippen LogP contribution in [0.15, 0.2) is 18.6 Å². The molecule has 0 aliphatic heterocycles. The minimum absolute atomic E-state index is 0.104. The lowest BCUT2D eigenvalue weighted by Gasteiger charge is -2.11. The van der Waals surface area contributed by atoms with Crippen molar-refractivity contribution in [1.82, 2.24) is 19.5 Å². The van der Waals surface area contributed by atoms with E-state index in [1.165, 1.54) is 0 Å². The molecule has 3 heterocycles. The van der Waals surface area contributed by atoms with Crippen LogP contribution in [0.2, 0.25) is 5.15 Å². The second-order valence-electron chi connectivity index (χ2n) is 6.00. The average Bonchev–Trinajstić information content (AvgIpc) is 2.98. The number of aliphatic hydroxyl groups is 1. The van der Waals surface area contributed by atoms with Gasteiger partial charge in [-0.25, -0.2) is 4.98 Å². The highest BCUT2D eigenvalue weighted by Gasteiger charge is 2.16. The number of hydrogen-bond donors (Lipinski definition) is 2. The molecule has 140 valence electrons. The number of anilines is 1. The number of aromatic nitrogens is 4. The Morgan fingerprint density at radius 3 is 2.89 bits per heavy atom. The monoisotopic (exact) mass is 385 g/mol. The summed E-state index contributed by atoms with van der Waals surface area (Å²) in [5, 5.41) is 9.83. The Balaban J connectivity index is 2.08. The number of fused-ring (bicyclic) bond motifs is 1. The summed E-state index contributed by atoms with van der Waals surface area (Å²) in [4.78, 5) is 12.6. The van der Waals surface area contributed by atoms with Crippen molar-refractivity contribution in [1.29, 1.82) is 0 Å². The minimum Gasteiger partial charge on any atom is -0.495 e. The molecule has 0 atom stereocenters. The maximum absolute atomic E-state index is 8.90. The normalized spacial score (nSPS) is 10.7. The first-order valence-electron chi connectivity index (χ1n) is 8.44. The van der Waals surface area contributed by atoms with Crippen molar-refractivity contribution in [2.75, 3.05) is 19.5 Å². The van der Waals surface area contributed by atoms with Crippen LogP contribution in [-0.2, 0) is 6.54 Å². The van der Waals surface area contributed by atoms with Gasteiger partial charge in [0, 0.05) is 25.4 Å². The van der Waals surface area contributed by atoms with Gasteiger partial charge in [0.1, 0.15) is 16.5 Å². The number of methoxy groups -OCH3 is 1. The Morgan fingerprint density at radius 2 is 2.15 bits per heavy atom. The Labute approximate surface area is 162 Å². The van der Waals surface area contributed by atoms with Gasteiger partial charge in [-0.15, -0.1) is 0 Å². The van der Waals surface area contributed by atoms with Crippen molar-refractivity contribution < 1.29 is 9.84 Å². The van der Waals surface area contributed by atoms with Crippen molar-refractivity contribution in [3.63, 3.8) is 0 Å². The number of nitrogens with two attached hydrogens (primary N) is 1. The molecule has 0 aliphatic rings. The molecule has 0 bridgehead atoms. The fraction of sp³-hybridized carbons (Fsp3) is 0.316. The molecular formula is C19H20ClN5O2. The number of rotatable bonds is 5. The quantitative estimate of drug-likeness (QED) is 0.398. The Bertz CT molecular complexity index is 1040. The van der Waals surface area contributed by atoms with Crippen molar-refractivity contribution in [3.05, 3.63) is 40.4 Å². The molecule has 0 amide bonds. The van der Waals surface area contributed by atoms with Crippen molar-refractivity contribution in [3.8, 4) is 17.6 Å². The van der Waals surface area contributed by atoms with E-state index >= 15 is 0 Å². The number of hydrogen-bond acceptors (Lipinski definition) is 6. The lowest BCUT2D eigenvalue weighted by atomic mass is 10.1. The predicted molar refractivity (Wildman–Crippen MR) is 105 cm³/mol. The molecule has 3 rings (SSSR count). The molecule has 0 saturated heterocycles. The molecule has 0 radical (unpaired) electrons. The van der Waals surface area contributed by atoms with E-state index in [1.54, 1.807) is 19.5 Å². The largest absolute Gasteiger partial charge is 0.495 e. The third-order valence-electron chi connectivity index (χ3n) is 4.21. The Kier molecular flexibility index (Phi) is 5.79. The molecule has 0 fully saturated rings. The minimum atomic E-state index is 0.104. The van der Waals surface area contributed by atoms with Crippen LogP contribution in [0.1, 0.15) is 29.5 Å². The zero-order valence-electron chi connectivity index (χ0n) is 15.2. The highest BCUT2D eigenvalue weighted by molar-refractivity contribution is 6.34. The van der Waals surface area contributed by atoms with Crippen molar-refractivity contribution >= 4 is 28.6 Å². The molecule has 3 aromatic rings. The lowest BCUT2D eigenvalue weighted by Crippen LogP contribution is -2.04. The number of ether oxygens (including phenoxy) is 1. The van der Waals surface area contributed by atoms with Crippen LogP contribution in [0.5, 0.6) is 5.75 Å². The topological polar surface area (TPSA) is 99.1 Å². The molecule has 3 N–H and O–H groups in total. The van der Waals surface area contributed by atoms with Crippen LogP contribution >= 0.6 is 11.6 Å². The number of pyridine rings is 1. The first-order valence-corrected chi connectivity index (χ1v) is 8.82. The van der Waals surface area contributed by atoms with E-state index in [-0.39, 0.29) is 17.7 Å². The van der Waals surface area contributed by atoms with Gasteiger partial charge in [0.05, 0.1) is 30.8 Å². The van der Waals surface area contributed by atoms with Crippen molar-refractivity contribution in [2.45, 2.75) is 26.3 Å². The molecule has 27 heavy (non-hydrogen) atoms. The SMILES string of the molecule is COc1cncc(Cn2cc(C#CCCCO)c3c(Cl)nc(N)nc32)c1C. The van der Waals surface area contributed by atoms with Gasteiger partial charge in [-0.05, 0) is 24.5 Å². The third kappa shape index (κ3) is 3.97. The average molecular weight is 386 g/mol. The molecule has 0 aliphatic carbocycles. The number of aliphatic hydroxyl groups excluding tert-OH is 1. The van der Waals surface area contributed by atoms with E-state index in [9.17, 15) is 0 Å². The molecule has 0 unspecified atom stereocenters. The summed E-state index contributed by atoms with van der Waals surface area (Å²) >= 11 is 6.32. The van der Waals surface area contributed by atoms with E-state index in [0.29, 0.717) is 30.4 Å². The van der Waals surface area contributed by atoms with Gasteiger partial charge < -0.3 is 20.1 Å². The summed E-state index contributed by atoms with van der Waals surface area (Å²) < 4.78 is 7.28. The number of halogens is 1. The highest BCUT2D eigenvalue weighted by Crippen LogP contribution is 2.28. The highest BCUT2D eigenvalue weighted by atomic mass is 35.5. The lowest BCUT2D eigenvalue weighted by molar-refractivity contribution is 0.290. The maximum Gasteiger partial charge on any atom is 0.223 e. The van der Waals surface area contributed by atoms with Gasteiger partial charge in [-0.3, -0.25) is 4.98 Å². The van der Waals surface area contributed by atoms with E-state index in [1.807, 2.05) is 17.7 Å². The summed E-state index contributed by atoms with van der Waals surface area (Å²) in [6.45, 7) is 2.60. The fourth-order valence-electron chi connectivity index (χ4n) is 2.80. The number of nitrogens with zero attached hydrogens (tertiary/aromatic N) is 4. The van der Waals surface area contributed by atoms with E-state index in [2.05, 4.69) is 26.8 Å². The van der Waals surface area contributed by atoms with Crippen LogP contribution in [0.4, 0.5) is 5.95 Å². The van der Waals surface area contributed by atoms with Crippen molar-refractivity contribution in [2.24, 2.45) is 0 Å². The van der Waals surface area contributed by atoms with Gasteiger partial charge in [-0.2, -0.15) is 4.98 Å². The second kappa shape index (κ2) is 8.25. The van der Waals surface area contributed by atoms with Crippen LogP contribution in [0, 0.1) is 18.8 Å². The molecule has 0 spiro atoms. The van der Waals surface area contributed by atoms with Crippen LogP contribution in [-0.4, -0.2) is 38.3 Å². The van der Waals surface area contributed by atoms with E-state index in [4.69, 9.17) is 27.2 Å². The number of nitrogen functional groups attached to an aromatic ring is 1. The van der Waals surface area contributed by atoms with Gasteiger partial charge in [0.15, 0.2) is 0 Å². The molecule has 7 nitrogen and oxygen atoms in total. The standard InChI is InChI=1S/C19H20ClN5O2/c1-12-14(8-22-9-15(12)27-2)11-25-10-13(6-4-3-5-7-26)16-17(20)23-19(21)24-18(16)25/h8-10,26H,3,5,7,11H2,1-2H3,(H2,21,23,24). The second-order valence-corrected chi connectivity index (χ2v) is 6.35. The first-order chi connectivity index (χ1) is 13.0. The summed E-state index contributed by atoms with van der Waals surface area (Å²) in [6.07, 6.45) is 6.58. The zero-order chi connectivity index (χ0) is 19.4. The maximum atomic E-state index is 8.90. The summed E-state index contributed by atoms with van der Waals surface area (Å²) in [7, 11) is 1.62. The van der Waals surface area contributed by atoms with E-state index in [0.717, 1.165) is 22.4 Å². The summed E-state index contributed by atoms with van der Waals surface area (Å²) in [6, 6.07) is 0. The van der Waals surface area contributed by atoms with Crippen LogP contribution in [0.3, 0.4) is 0 Å². The summed E-state index contributed by atoms with van der Waals surface area (Å²) in [5.74, 6) is 6.97. The van der Waals surface area contributed by atoms with Gasteiger partial charge in [-0.1, -0.05) is 23.4 Å². The van der Waals surface area contributed by atoms with Crippen LogP contribution < -0.4 is 10.5 Å². The molecular weight excluding hydrogens is 366 g/mol.